The average molecular weight is 575 g/mol. The normalized spacial score (nSPS) is 13.1. The SMILES string of the molecule is CC(C)C[C@H](NC(=O)Cc1ccc(NC(=O)Nc2ccccc2)cc1)C(=O)N[C@@H](CC(=O)O)c1ccc2c(c1)OCO2. The summed E-state index contributed by atoms with van der Waals surface area (Å²) in [6.07, 6.45) is 0.0223. The summed E-state index contributed by atoms with van der Waals surface area (Å²) in [6, 6.07) is 18.8. The monoisotopic (exact) mass is 574 g/mol. The van der Waals surface area contributed by atoms with Gasteiger partial charge in [0.2, 0.25) is 18.6 Å². The second-order valence-electron chi connectivity index (χ2n) is 10.3. The molecule has 1 heterocycles. The highest BCUT2D eigenvalue weighted by atomic mass is 16.7. The van der Waals surface area contributed by atoms with Crippen molar-refractivity contribution in [2.75, 3.05) is 17.4 Å². The fourth-order valence-electron chi connectivity index (χ4n) is 4.48. The quantitative estimate of drug-likeness (QED) is 0.214. The van der Waals surface area contributed by atoms with Gasteiger partial charge in [-0.3, -0.25) is 14.4 Å². The van der Waals surface area contributed by atoms with Crippen molar-refractivity contribution in [3.05, 3.63) is 83.9 Å². The lowest BCUT2D eigenvalue weighted by molar-refractivity contribution is -0.138. The predicted octanol–water partition coefficient (Wildman–Crippen LogP) is 4.46. The molecule has 0 saturated carbocycles. The summed E-state index contributed by atoms with van der Waals surface area (Å²) in [5.41, 5.74) is 2.45. The molecule has 11 heteroatoms. The molecule has 0 aromatic heterocycles. The van der Waals surface area contributed by atoms with Crippen LogP contribution < -0.4 is 30.7 Å². The van der Waals surface area contributed by atoms with Crippen LogP contribution in [0.5, 0.6) is 11.5 Å². The molecule has 0 radical (unpaired) electrons. The first kappa shape index (κ1) is 29.9. The number of rotatable bonds is 12. The van der Waals surface area contributed by atoms with Crippen molar-refractivity contribution in [2.24, 2.45) is 5.92 Å². The number of carbonyl (C=O) groups excluding carboxylic acids is 3. The zero-order chi connectivity index (χ0) is 30.1. The van der Waals surface area contributed by atoms with Crippen molar-refractivity contribution in [1.29, 1.82) is 0 Å². The van der Waals surface area contributed by atoms with Gasteiger partial charge in [-0.15, -0.1) is 0 Å². The van der Waals surface area contributed by atoms with E-state index in [-0.39, 0.29) is 31.5 Å². The fraction of sp³-hybridized carbons (Fsp3) is 0.290. The third-order valence-corrected chi connectivity index (χ3v) is 6.46. The summed E-state index contributed by atoms with van der Waals surface area (Å²) in [4.78, 5) is 50.1. The van der Waals surface area contributed by atoms with E-state index in [4.69, 9.17) is 9.47 Å². The van der Waals surface area contributed by atoms with Crippen LogP contribution >= 0.6 is 0 Å². The maximum Gasteiger partial charge on any atom is 0.323 e. The van der Waals surface area contributed by atoms with E-state index in [0.717, 1.165) is 0 Å². The van der Waals surface area contributed by atoms with Crippen LogP contribution in [0.1, 0.15) is 43.9 Å². The van der Waals surface area contributed by atoms with Gasteiger partial charge in [0.1, 0.15) is 6.04 Å². The van der Waals surface area contributed by atoms with Crippen LogP contribution in [0.15, 0.2) is 72.8 Å². The average Bonchev–Trinajstić information content (AvgIpc) is 3.41. The van der Waals surface area contributed by atoms with Crippen LogP contribution in [0.2, 0.25) is 0 Å². The summed E-state index contributed by atoms with van der Waals surface area (Å²) < 4.78 is 10.7. The van der Waals surface area contributed by atoms with E-state index in [1.807, 2.05) is 32.0 Å². The second kappa shape index (κ2) is 14.0. The number of carboxylic acid groups (broad SMARTS) is 1. The Morgan fingerprint density at radius 3 is 2.17 bits per heavy atom. The van der Waals surface area contributed by atoms with Gasteiger partial charge in [-0.1, -0.05) is 50.2 Å². The van der Waals surface area contributed by atoms with E-state index in [1.54, 1.807) is 54.6 Å². The number of nitrogens with one attached hydrogen (secondary N) is 4. The summed E-state index contributed by atoms with van der Waals surface area (Å²) in [5.74, 6) is -0.832. The van der Waals surface area contributed by atoms with Gasteiger partial charge in [0, 0.05) is 11.4 Å². The number of fused-ring (bicyclic) bond motifs is 1. The van der Waals surface area contributed by atoms with Crippen molar-refractivity contribution in [2.45, 2.75) is 45.2 Å². The molecule has 0 fully saturated rings. The maximum atomic E-state index is 13.3. The number of benzene rings is 3. The molecular weight excluding hydrogens is 540 g/mol. The molecule has 4 amide bonds. The van der Waals surface area contributed by atoms with Crippen molar-refractivity contribution in [3.8, 4) is 11.5 Å². The third-order valence-electron chi connectivity index (χ3n) is 6.46. The summed E-state index contributed by atoms with van der Waals surface area (Å²) in [6.45, 7) is 3.93. The van der Waals surface area contributed by atoms with E-state index in [1.165, 1.54) is 0 Å². The van der Waals surface area contributed by atoms with Gasteiger partial charge in [-0.2, -0.15) is 0 Å². The Labute approximate surface area is 243 Å². The highest BCUT2D eigenvalue weighted by molar-refractivity contribution is 5.99. The van der Waals surface area contributed by atoms with Crippen LogP contribution in [-0.4, -0.2) is 41.8 Å². The number of ether oxygens (including phenoxy) is 2. The predicted molar refractivity (Wildman–Crippen MR) is 156 cm³/mol. The minimum absolute atomic E-state index is 0.0130. The lowest BCUT2D eigenvalue weighted by Crippen LogP contribution is -2.49. The van der Waals surface area contributed by atoms with E-state index in [9.17, 15) is 24.3 Å². The standard InChI is InChI=1S/C31H34N4O7/c1-19(2)14-25(30(39)35-24(17-29(37)38)21-10-13-26-27(16-21)42-18-41-26)34-28(36)15-20-8-11-23(12-9-20)33-31(40)32-22-6-4-3-5-7-22/h3-13,16,19,24-25H,14-15,17-18H2,1-2H3,(H,34,36)(H,35,39)(H,37,38)(H2,32,33,40)/t24-,25-/m0/s1. The molecule has 0 unspecified atom stereocenters. The largest absolute Gasteiger partial charge is 0.481 e. The number of urea groups is 1. The molecule has 2 atom stereocenters. The van der Waals surface area contributed by atoms with E-state index < -0.39 is 30.0 Å². The van der Waals surface area contributed by atoms with Crippen molar-refractivity contribution < 1.29 is 33.8 Å². The fourth-order valence-corrected chi connectivity index (χ4v) is 4.48. The molecule has 0 spiro atoms. The van der Waals surface area contributed by atoms with Gasteiger partial charge >= 0.3 is 12.0 Å². The minimum atomic E-state index is -1.09. The molecule has 0 aliphatic carbocycles. The van der Waals surface area contributed by atoms with Crippen molar-refractivity contribution in [1.82, 2.24) is 10.6 Å². The smallest absolute Gasteiger partial charge is 0.323 e. The lowest BCUT2D eigenvalue weighted by atomic mass is 9.99. The lowest BCUT2D eigenvalue weighted by Gasteiger charge is -2.24. The Hall–Kier alpha value is -5.06. The number of aliphatic carboxylic acids is 1. The van der Waals surface area contributed by atoms with Gasteiger partial charge in [-0.25, -0.2) is 4.79 Å². The highest BCUT2D eigenvalue weighted by Crippen LogP contribution is 2.35. The zero-order valence-corrected chi connectivity index (χ0v) is 23.4. The Kier molecular flexibility index (Phi) is 9.99. The first-order chi connectivity index (χ1) is 20.2. The van der Waals surface area contributed by atoms with Crippen molar-refractivity contribution in [3.63, 3.8) is 0 Å². The number of hydrogen-bond donors (Lipinski definition) is 5. The number of para-hydroxylation sites is 1. The first-order valence-electron chi connectivity index (χ1n) is 13.6. The zero-order valence-electron chi connectivity index (χ0n) is 23.4. The van der Waals surface area contributed by atoms with E-state index >= 15 is 0 Å². The highest BCUT2D eigenvalue weighted by Gasteiger charge is 2.27. The van der Waals surface area contributed by atoms with E-state index in [2.05, 4.69) is 21.3 Å². The van der Waals surface area contributed by atoms with Crippen LogP contribution in [0.3, 0.4) is 0 Å². The summed E-state index contributed by atoms with van der Waals surface area (Å²) in [5, 5.41) is 20.5. The molecule has 4 rings (SSSR count). The Morgan fingerprint density at radius 2 is 1.50 bits per heavy atom. The Morgan fingerprint density at radius 1 is 0.833 bits per heavy atom. The number of hydrogen-bond acceptors (Lipinski definition) is 6. The molecule has 220 valence electrons. The van der Waals surface area contributed by atoms with E-state index in [0.29, 0.717) is 40.4 Å². The van der Waals surface area contributed by atoms with Gasteiger partial charge in [0.15, 0.2) is 11.5 Å². The van der Waals surface area contributed by atoms with Gasteiger partial charge in [0.25, 0.3) is 0 Å². The molecule has 5 N–H and O–H groups in total. The Balaban J connectivity index is 1.36. The summed E-state index contributed by atoms with van der Waals surface area (Å²) >= 11 is 0. The Bertz CT molecular complexity index is 1410. The molecule has 3 aromatic rings. The van der Waals surface area contributed by atoms with Gasteiger partial charge < -0.3 is 35.8 Å². The molecule has 0 saturated heterocycles. The maximum absolute atomic E-state index is 13.3. The molecule has 11 nitrogen and oxygen atoms in total. The third kappa shape index (κ3) is 8.72. The number of carbonyl (C=O) groups is 4. The van der Waals surface area contributed by atoms with Gasteiger partial charge in [0.05, 0.1) is 18.9 Å². The topological polar surface area (TPSA) is 155 Å². The minimum Gasteiger partial charge on any atom is -0.481 e. The number of amides is 4. The number of anilines is 2. The second-order valence-corrected chi connectivity index (χ2v) is 10.3. The number of carboxylic acids is 1. The van der Waals surface area contributed by atoms with Crippen LogP contribution in [-0.2, 0) is 20.8 Å². The summed E-state index contributed by atoms with van der Waals surface area (Å²) in [7, 11) is 0. The molecule has 1 aliphatic rings. The molecule has 0 bridgehead atoms. The van der Waals surface area contributed by atoms with Gasteiger partial charge in [-0.05, 0) is 59.9 Å². The van der Waals surface area contributed by atoms with Crippen molar-refractivity contribution >= 4 is 35.2 Å². The molecule has 42 heavy (non-hydrogen) atoms. The molecule has 3 aromatic carbocycles. The van der Waals surface area contributed by atoms with Crippen LogP contribution in [0.25, 0.3) is 0 Å². The molecular formula is C31H34N4O7. The van der Waals surface area contributed by atoms with Crippen LogP contribution in [0.4, 0.5) is 16.2 Å². The van der Waals surface area contributed by atoms with Crippen LogP contribution in [0, 0.1) is 5.92 Å². The molecule has 1 aliphatic heterocycles. The first-order valence-corrected chi connectivity index (χ1v) is 13.6.